The van der Waals surface area contributed by atoms with Gasteiger partial charge in [0, 0.05) is 12.5 Å². The molecule has 0 bridgehead atoms. The predicted molar refractivity (Wildman–Crippen MR) is 115 cm³/mol. The molecule has 4 rings (SSSR count). The number of hydrogen-bond donors (Lipinski definition) is 1. The molecule has 6 nitrogen and oxygen atoms in total. The number of carbonyl (C=O) groups is 1. The minimum absolute atomic E-state index is 0.149. The van der Waals surface area contributed by atoms with Crippen LogP contribution in [0.25, 0.3) is 11.1 Å². The largest absolute Gasteiger partial charge is 0.332 e. The highest BCUT2D eigenvalue weighted by Crippen LogP contribution is 2.64. The number of sulfonamides is 1. The molecule has 1 heterocycles. The predicted octanol–water partition coefficient (Wildman–Crippen LogP) is 3.12. The highest BCUT2D eigenvalue weighted by Gasteiger charge is 2.64. The smallest absolute Gasteiger partial charge is 0.230 e. The van der Waals surface area contributed by atoms with Crippen LogP contribution in [0.5, 0.6) is 0 Å². The Hall–Kier alpha value is -2.90. The summed E-state index contributed by atoms with van der Waals surface area (Å²) in [6, 6.07) is 11.2. The maximum Gasteiger partial charge on any atom is 0.230 e. The summed E-state index contributed by atoms with van der Waals surface area (Å²) in [4.78, 5) is 14.7. The van der Waals surface area contributed by atoms with Crippen molar-refractivity contribution >= 4 is 15.9 Å². The van der Waals surface area contributed by atoms with Crippen LogP contribution in [0.3, 0.4) is 0 Å². The maximum absolute atomic E-state index is 14.5. The van der Waals surface area contributed by atoms with Crippen LogP contribution < -0.4 is 4.72 Å². The summed E-state index contributed by atoms with van der Waals surface area (Å²) in [5.41, 5.74) is -0.529. The first-order valence-corrected chi connectivity index (χ1v) is 12.3. The summed E-state index contributed by atoms with van der Waals surface area (Å²) in [6.07, 6.45) is -0.326. The summed E-state index contributed by atoms with van der Waals surface area (Å²) in [5.74, 6) is -2.42. The van der Waals surface area contributed by atoms with Crippen molar-refractivity contribution in [3.8, 4) is 17.2 Å². The summed E-state index contributed by atoms with van der Waals surface area (Å²) in [5, 5.41) is 9.42. The van der Waals surface area contributed by atoms with Gasteiger partial charge in [-0.1, -0.05) is 30.3 Å². The quantitative estimate of drug-likeness (QED) is 0.664. The zero-order valence-corrected chi connectivity index (χ0v) is 18.6. The number of nitrogens with one attached hydrogen (secondary N) is 1. The molecule has 2 aromatic rings. The molecular weight excluding hydrogens is 455 g/mol. The molecule has 174 valence electrons. The summed E-state index contributed by atoms with van der Waals surface area (Å²) in [7, 11) is -3.57. The average Bonchev–Trinajstić information content (AvgIpc) is 3.46. The second-order valence-electron chi connectivity index (χ2n) is 8.59. The molecule has 2 aliphatic rings. The Kier molecular flexibility index (Phi) is 5.97. The monoisotopic (exact) mass is 477 g/mol. The van der Waals surface area contributed by atoms with E-state index in [1.807, 2.05) is 6.07 Å². The van der Waals surface area contributed by atoms with Gasteiger partial charge in [0.1, 0.15) is 17.8 Å². The first-order valence-electron chi connectivity index (χ1n) is 10.4. The summed E-state index contributed by atoms with van der Waals surface area (Å²) in [6.45, 7) is -0.464. The molecule has 1 saturated heterocycles. The molecule has 1 amide bonds. The number of halogens is 3. The second-order valence-corrected chi connectivity index (χ2v) is 10.4. The first kappa shape index (κ1) is 23.3. The van der Waals surface area contributed by atoms with E-state index in [4.69, 9.17) is 0 Å². The molecular formula is C23H22F3N3O3S. The number of rotatable bonds is 7. The molecule has 0 spiro atoms. The lowest BCUT2D eigenvalue weighted by Crippen LogP contribution is -2.65. The van der Waals surface area contributed by atoms with Crippen molar-refractivity contribution in [3.63, 3.8) is 0 Å². The molecule has 1 saturated carbocycles. The first-order chi connectivity index (χ1) is 15.6. The Morgan fingerprint density at radius 1 is 1.21 bits per heavy atom. The van der Waals surface area contributed by atoms with E-state index in [2.05, 4.69) is 4.72 Å². The van der Waals surface area contributed by atoms with Gasteiger partial charge in [0.25, 0.3) is 0 Å². The lowest BCUT2D eigenvalue weighted by molar-refractivity contribution is -0.150. The summed E-state index contributed by atoms with van der Waals surface area (Å²) >= 11 is 0. The van der Waals surface area contributed by atoms with Crippen molar-refractivity contribution in [2.45, 2.75) is 31.0 Å². The Labute approximate surface area is 190 Å². The van der Waals surface area contributed by atoms with E-state index >= 15 is 0 Å². The average molecular weight is 478 g/mol. The number of nitriles is 1. The van der Waals surface area contributed by atoms with E-state index < -0.39 is 51.1 Å². The van der Waals surface area contributed by atoms with Crippen molar-refractivity contribution in [2.24, 2.45) is 5.41 Å². The normalized spacial score (nSPS) is 26.4. The molecule has 2 fully saturated rings. The van der Waals surface area contributed by atoms with E-state index in [1.54, 1.807) is 24.3 Å². The van der Waals surface area contributed by atoms with Crippen molar-refractivity contribution in [1.82, 2.24) is 9.62 Å². The fourth-order valence-corrected chi connectivity index (χ4v) is 5.12. The number of amides is 1. The molecule has 0 aromatic heterocycles. The van der Waals surface area contributed by atoms with Crippen LogP contribution >= 0.6 is 0 Å². The van der Waals surface area contributed by atoms with Gasteiger partial charge >= 0.3 is 0 Å². The molecule has 1 N–H and O–H groups in total. The number of carbonyl (C=O) groups excluding carboxylic acids is 1. The van der Waals surface area contributed by atoms with Crippen LogP contribution in [-0.4, -0.2) is 50.8 Å². The lowest BCUT2D eigenvalue weighted by atomic mass is 9.87. The molecule has 0 unspecified atom stereocenters. The third-order valence-corrected chi connectivity index (χ3v) is 7.16. The third kappa shape index (κ3) is 4.23. The van der Waals surface area contributed by atoms with Crippen LogP contribution in [0.15, 0.2) is 42.5 Å². The fourth-order valence-electron chi connectivity index (χ4n) is 4.64. The number of alkyl halides is 1. The van der Waals surface area contributed by atoms with E-state index in [-0.39, 0.29) is 31.5 Å². The van der Waals surface area contributed by atoms with Gasteiger partial charge in [-0.2, -0.15) is 5.26 Å². The summed E-state index contributed by atoms with van der Waals surface area (Å²) < 4.78 is 68.2. The Morgan fingerprint density at radius 2 is 1.88 bits per heavy atom. The van der Waals surface area contributed by atoms with Gasteiger partial charge < -0.3 is 4.90 Å². The van der Waals surface area contributed by atoms with Gasteiger partial charge in [0.05, 0.1) is 42.3 Å². The van der Waals surface area contributed by atoms with Crippen LogP contribution in [0.2, 0.25) is 0 Å². The standard InChI is InChI=1S/C23H22F3N3O3S/c1-33(31,32)28-12-20-19(26)13-29(20)22(30)23(9-10-27)11-16(23)14-5-2-3-6-15(14)21-17(24)7-4-8-18(21)25/h2-8,16,19-20,28H,9,11-13H2,1H3/t16-,19-,20-,23+/m1/s1. The molecule has 10 heteroatoms. The number of likely N-dealkylation sites (tertiary alicyclic amines) is 1. The highest BCUT2D eigenvalue weighted by atomic mass is 32.2. The molecule has 1 aliphatic carbocycles. The van der Waals surface area contributed by atoms with E-state index in [0.29, 0.717) is 11.1 Å². The van der Waals surface area contributed by atoms with Gasteiger partial charge in [-0.3, -0.25) is 4.79 Å². The molecule has 2 aromatic carbocycles. The number of nitrogens with zero attached hydrogens (tertiary/aromatic N) is 2. The lowest BCUT2D eigenvalue weighted by Gasteiger charge is -2.45. The van der Waals surface area contributed by atoms with E-state index in [9.17, 15) is 31.6 Å². The minimum atomic E-state index is -3.57. The van der Waals surface area contributed by atoms with Gasteiger partial charge in [-0.05, 0) is 29.7 Å². The van der Waals surface area contributed by atoms with Crippen LogP contribution in [0, 0.1) is 28.4 Å². The third-order valence-electron chi connectivity index (χ3n) is 6.47. The van der Waals surface area contributed by atoms with Crippen molar-refractivity contribution in [3.05, 3.63) is 59.7 Å². The Bertz CT molecular complexity index is 1230. The number of hydrogen-bond acceptors (Lipinski definition) is 4. The maximum atomic E-state index is 14.5. The Balaban J connectivity index is 1.65. The van der Waals surface area contributed by atoms with Crippen molar-refractivity contribution in [1.29, 1.82) is 5.26 Å². The SMILES string of the molecule is CS(=O)(=O)NC[C@@H]1[C@H](F)CN1C(=O)[C@@]1(CC#N)C[C@@H]1c1ccccc1-c1c(F)cccc1F. The zero-order valence-electron chi connectivity index (χ0n) is 17.8. The van der Waals surface area contributed by atoms with Crippen molar-refractivity contribution in [2.75, 3.05) is 19.3 Å². The van der Waals surface area contributed by atoms with Gasteiger partial charge in [-0.25, -0.2) is 26.3 Å². The van der Waals surface area contributed by atoms with Crippen LogP contribution in [0.1, 0.15) is 24.3 Å². The van der Waals surface area contributed by atoms with E-state index in [1.165, 1.54) is 11.0 Å². The zero-order chi connectivity index (χ0) is 24.0. The fraction of sp³-hybridized carbons (Fsp3) is 0.391. The van der Waals surface area contributed by atoms with E-state index in [0.717, 1.165) is 18.4 Å². The highest BCUT2D eigenvalue weighted by molar-refractivity contribution is 7.88. The second kappa shape index (κ2) is 8.47. The van der Waals surface area contributed by atoms with Gasteiger partial charge in [0.15, 0.2) is 0 Å². The molecule has 4 atom stereocenters. The minimum Gasteiger partial charge on any atom is -0.332 e. The Morgan fingerprint density at radius 3 is 2.48 bits per heavy atom. The molecule has 0 radical (unpaired) electrons. The molecule has 33 heavy (non-hydrogen) atoms. The topological polar surface area (TPSA) is 90.3 Å². The van der Waals surface area contributed by atoms with Crippen LogP contribution in [0.4, 0.5) is 13.2 Å². The number of benzene rings is 2. The molecule has 1 aliphatic heterocycles. The van der Waals surface area contributed by atoms with Crippen LogP contribution in [-0.2, 0) is 14.8 Å². The van der Waals surface area contributed by atoms with Crippen molar-refractivity contribution < 1.29 is 26.4 Å². The van der Waals surface area contributed by atoms with Gasteiger partial charge in [0.2, 0.25) is 15.9 Å². The van der Waals surface area contributed by atoms with Gasteiger partial charge in [-0.15, -0.1) is 0 Å².